The number of aromatic amines is 1. The van der Waals surface area contributed by atoms with Gasteiger partial charge in [0.2, 0.25) is 5.95 Å². The van der Waals surface area contributed by atoms with Gasteiger partial charge in [0.05, 0.1) is 11.6 Å². The summed E-state index contributed by atoms with van der Waals surface area (Å²) in [5.74, 6) is 2.81. The average Bonchev–Trinajstić information content (AvgIpc) is 3.13. The number of nitrogens with one attached hydrogen (secondary N) is 3. The van der Waals surface area contributed by atoms with Crippen LogP contribution < -0.4 is 10.6 Å². The van der Waals surface area contributed by atoms with Crippen LogP contribution in [0.4, 0.5) is 11.8 Å². The van der Waals surface area contributed by atoms with E-state index in [4.69, 9.17) is 0 Å². The standard InChI is InChI=1S/C13H20N6S/c1-2-5-14-13-17-11(10-8-16-19-12(10)18-13)15-7-9-4-3-6-20-9/h8-9H,2-7H2,1H3,(H3,14,15,16,17,18,19). The number of fused-ring (bicyclic) bond motifs is 1. The number of rotatable bonds is 6. The minimum atomic E-state index is 0.658. The summed E-state index contributed by atoms with van der Waals surface area (Å²) in [5.41, 5.74) is 0.778. The Bertz CT molecular complexity index is 563. The minimum absolute atomic E-state index is 0.658. The number of aromatic nitrogens is 4. The molecule has 3 heterocycles. The van der Waals surface area contributed by atoms with Crippen molar-refractivity contribution < 1.29 is 0 Å². The maximum Gasteiger partial charge on any atom is 0.226 e. The molecule has 3 rings (SSSR count). The van der Waals surface area contributed by atoms with Gasteiger partial charge in [0.15, 0.2) is 5.65 Å². The van der Waals surface area contributed by atoms with E-state index in [1.165, 1.54) is 18.6 Å². The molecule has 0 aromatic carbocycles. The molecule has 0 radical (unpaired) electrons. The van der Waals surface area contributed by atoms with Crippen molar-refractivity contribution in [1.82, 2.24) is 20.2 Å². The van der Waals surface area contributed by atoms with Crippen LogP contribution in [0.5, 0.6) is 0 Å². The Kier molecular flexibility index (Phi) is 4.25. The quantitative estimate of drug-likeness (QED) is 0.759. The van der Waals surface area contributed by atoms with Crippen LogP contribution in [0.1, 0.15) is 26.2 Å². The fraction of sp³-hybridized carbons (Fsp3) is 0.615. The molecule has 0 aliphatic carbocycles. The van der Waals surface area contributed by atoms with Crippen molar-refractivity contribution in [3.05, 3.63) is 6.20 Å². The first-order chi connectivity index (χ1) is 9.86. The number of anilines is 2. The molecule has 3 N–H and O–H groups in total. The van der Waals surface area contributed by atoms with E-state index in [-0.39, 0.29) is 0 Å². The van der Waals surface area contributed by atoms with Crippen molar-refractivity contribution in [2.45, 2.75) is 31.4 Å². The molecule has 7 heteroatoms. The molecule has 0 bridgehead atoms. The molecule has 108 valence electrons. The zero-order chi connectivity index (χ0) is 13.8. The second kappa shape index (κ2) is 6.30. The Morgan fingerprint density at radius 1 is 1.40 bits per heavy atom. The summed E-state index contributed by atoms with van der Waals surface area (Å²) in [6, 6.07) is 0. The number of thioether (sulfide) groups is 1. The predicted octanol–water partition coefficient (Wildman–Crippen LogP) is 2.48. The van der Waals surface area contributed by atoms with E-state index in [9.17, 15) is 0 Å². The Morgan fingerprint density at radius 2 is 2.35 bits per heavy atom. The van der Waals surface area contributed by atoms with Crippen LogP contribution in [0.2, 0.25) is 0 Å². The van der Waals surface area contributed by atoms with Gasteiger partial charge in [0.1, 0.15) is 5.82 Å². The van der Waals surface area contributed by atoms with Crippen molar-refractivity contribution >= 4 is 34.6 Å². The average molecular weight is 292 g/mol. The summed E-state index contributed by atoms with van der Waals surface area (Å²) >= 11 is 2.04. The van der Waals surface area contributed by atoms with E-state index in [1.807, 2.05) is 11.8 Å². The van der Waals surface area contributed by atoms with Crippen LogP contribution in [0, 0.1) is 0 Å². The third-order valence-corrected chi connectivity index (χ3v) is 4.76. The number of H-pyrrole nitrogens is 1. The Balaban J connectivity index is 1.77. The van der Waals surface area contributed by atoms with Gasteiger partial charge in [-0.05, 0) is 25.0 Å². The molecule has 1 fully saturated rings. The lowest BCUT2D eigenvalue weighted by molar-refractivity contribution is 0.804. The van der Waals surface area contributed by atoms with Crippen molar-refractivity contribution in [3.8, 4) is 0 Å². The summed E-state index contributed by atoms with van der Waals surface area (Å²) in [5, 5.41) is 15.3. The van der Waals surface area contributed by atoms with Gasteiger partial charge < -0.3 is 10.6 Å². The van der Waals surface area contributed by atoms with Gasteiger partial charge in [-0.15, -0.1) is 0 Å². The van der Waals surface area contributed by atoms with Crippen LogP contribution in [-0.4, -0.2) is 44.3 Å². The lowest BCUT2D eigenvalue weighted by atomic mass is 10.2. The van der Waals surface area contributed by atoms with E-state index in [0.29, 0.717) is 11.2 Å². The zero-order valence-electron chi connectivity index (χ0n) is 11.6. The number of nitrogens with zero attached hydrogens (tertiary/aromatic N) is 3. The molecule has 20 heavy (non-hydrogen) atoms. The van der Waals surface area contributed by atoms with Crippen LogP contribution in [0.15, 0.2) is 6.20 Å². The van der Waals surface area contributed by atoms with Gasteiger partial charge in [0, 0.05) is 18.3 Å². The van der Waals surface area contributed by atoms with Gasteiger partial charge in [-0.25, -0.2) is 0 Å². The highest BCUT2D eigenvalue weighted by molar-refractivity contribution is 8.00. The SMILES string of the molecule is CCCNc1nc(NCC2CCCS2)c2cn[nH]c2n1. The Labute approximate surface area is 122 Å². The second-order valence-corrected chi connectivity index (χ2v) is 6.38. The van der Waals surface area contributed by atoms with Crippen LogP contribution in [0.3, 0.4) is 0 Å². The highest BCUT2D eigenvalue weighted by atomic mass is 32.2. The minimum Gasteiger partial charge on any atom is -0.368 e. The van der Waals surface area contributed by atoms with Gasteiger partial charge in [-0.1, -0.05) is 6.92 Å². The zero-order valence-corrected chi connectivity index (χ0v) is 12.5. The summed E-state index contributed by atoms with van der Waals surface area (Å²) in [6.45, 7) is 3.95. The highest BCUT2D eigenvalue weighted by Gasteiger charge is 2.16. The molecule has 1 aliphatic rings. The van der Waals surface area contributed by atoms with Crippen LogP contribution in [-0.2, 0) is 0 Å². The van der Waals surface area contributed by atoms with Gasteiger partial charge >= 0.3 is 0 Å². The normalized spacial score (nSPS) is 18.6. The van der Waals surface area contributed by atoms with Crippen molar-refractivity contribution in [1.29, 1.82) is 0 Å². The summed E-state index contributed by atoms with van der Waals surface area (Å²) < 4.78 is 0. The van der Waals surface area contributed by atoms with Crippen LogP contribution in [0.25, 0.3) is 11.0 Å². The lowest BCUT2D eigenvalue weighted by Gasteiger charge is -2.12. The monoisotopic (exact) mass is 292 g/mol. The third kappa shape index (κ3) is 2.98. The topological polar surface area (TPSA) is 78.5 Å². The Morgan fingerprint density at radius 3 is 3.15 bits per heavy atom. The van der Waals surface area contributed by atoms with E-state index >= 15 is 0 Å². The Hall–Kier alpha value is -1.50. The first-order valence-corrected chi connectivity index (χ1v) is 8.22. The van der Waals surface area contributed by atoms with Crippen molar-refractivity contribution in [3.63, 3.8) is 0 Å². The highest BCUT2D eigenvalue weighted by Crippen LogP contribution is 2.27. The van der Waals surface area contributed by atoms with Gasteiger partial charge in [-0.2, -0.15) is 26.8 Å². The molecule has 0 amide bonds. The molecule has 1 atom stereocenters. The number of hydrogen-bond acceptors (Lipinski definition) is 6. The molecule has 0 saturated carbocycles. The van der Waals surface area contributed by atoms with E-state index in [1.54, 1.807) is 6.20 Å². The van der Waals surface area contributed by atoms with E-state index in [2.05, 4.69) is 37.7 Å². The summed E-state index contributed by atoms with van der Waals surface area (Å²) in [4.78, 5) is 9.00. The fourth-order valence-electron chi connectivity index (χ4n) is 2.30. The molecule has 2 aromatic heterocycles. The first kappa shape index (κ1) is 13.5. The molecule has 2 aromatic rings. The molecule has 1 unspecified atom stereocenters. The van der Waals surface area contributed by atoms with Gasteiger partial charge in [0.25, 0.3) is 0 Å². The third-order valence-electron chi connectivity index (χ3n) is 3.36. The smallest absolute Gasteiger partial charge is 0.226 e. The summed E-state index contributed by atoms with van der Waals surface area (Å²) in [6.07, 6.45) is 5.44. The van der Waals surface area contributed by atoms with E-state index < -0.39 is 0 Å². The molecular weight excluding hydrogens is 272 g/mol. The fourth-order valence-corrected chi connectivity index (χ4v) is 3.50. The predicted molar refractivity (Wildman–Crippen MR) is 84.4 cm³/mol. The maximum absolute atomic E-state index is 4.57. The maximum atomic E-state index is 4.57. The molecule has 6 nitrogen and oxygen atoms in total. The largest absolute Gasteiger partial charge is 0.368 e. The van der Waals surface area contributed by atoms with E-state index in [0.717, 1.165) is 36.4 Å². The second-order valence-electron chi connectivity index (χ2n) is 4.97. The van der Waals surface area contributed by atoms with Gasteiger partial charge in [-0.3, -0.25) is 5.10 Å². The number of hydrogen-bond donors (Lipinski definition) is 3. The lowest BCUT2D eigenvalue weighted by Crippen LogP contribution is -2.15. The molecule has 1 aliphatic heterocycles. The molecule has 1 saturated heterocycles. The molecular formula is C13H20N6S. The van der Waals surface area contributed by atoms with Crippen LogP contribution >= 0.6 is 11.8 Å². The summed E-state index contributed by atoms with van der Waals surface area (Å²) in [7, 11) is 0. The van der Waals surface area contributed by atoms with Crippen molar-refractivity contribution in [2.75, 3.05) is 29.5 Å². The molecule has 0 spiro atoms. The van der Waals surface area contributed by atoms with Crippen molar-refractivity contribution in [2.24, 2.45) is 0 Å². The first-order valence-electron chi connectivity index (χ1n) is 7.17.